The molecule has 0 spiro atoms. The Hall–Kier alpha value is -1.45. The summed E-state index contributed by atoms with van der Waals surface area (Å²) >= 11 is 1.27. The fourth-order valence-corrected chi connectivity index (χ4v) is 4.20. The summed E-state index contributed by atoms with van der Waals surface area (Å²) in [6.45, 7) is 9.03. The number of hydrogen-bond acceptors (Lipinski definition) is 7. The fourth-order valence-electron chi connectivity index (χ4n) is 2.98. The standard InChI is InChI=1S/C16H27N5O2SSi/c1-25(2,3)8-7-22-11-21-14-6-4-5-12(13(14)9-18-21)10-23-16-20-19-15(17)24-16/h9,12H,4-8,10-11H2,1-3H3,(H2,17,19). The molecule has 1 aliphatic rings. The Labute approximate surface area is 153 Å². The van der Waals surface area contributed by atoms with Crippen LogP contribution >= 0.6 is 11.3 Å². The number of hydrogen-bond donors (Lipinski definition) is 1. The van der Waals surface area contributed by atoms with Gasteiger partial charge in [0.15, 0.2) is 0 Å². The van der Waals surface area contributed by atoms with Crippen molar-refractivity contribution in [3.8, 4) is 5.19 Å². The maximum Gasteiger partial charge on any atom is 0.295 e. The highest BCUT2D eigenvalue weighted by Gasteiger charge is 2.25. The molecule has 2 aromatic rings. The average Bonchev–Trinajstić information content (AvgIpc) is 3.15. The van der Waals surface area contributed by atoms with Gasteiger partial charge in [0.05, 0.1) is 12.8 Å². The van der Waals surface area contributed by atoms with Crippen molar-refractivity contribution in [1.29, 1.82) is 0 Å². The Morgan fingerprint density at radius 3 is 2.92 bits per heavy atom. The molecule has 1 unspecified atom stereocenters. The second-order valence-electron chi connectivity index (χ2n) is 7.70. The van der Waals surface area contributed by atoms with Gasteiger partial charge in [0.25, 0.3) is 5.19 Å². The molecule has 2 aromatic heterocycles. The van der Waals surface area contributed by atoms with Crippen molar-refractivity contribution in [3.05, 3.63) is 17.5 Å². The molecule has 2 heterocycles. The number of nitrogen functional groups attached to an aromatic ring is 1. The Bertz CT molecular complexity index is 697. The molecule has 0 fully saturated rings. The van der Waals surface area contributed by atoms with Gasteiger partial charge in [-0.05, 0) is 42.2 Å². The molecule has 0 saturated heterocycles. The monoisotopic (exact) mass is 381 g/mol. The highest BCUT2D eigenvalue weighted by atomic mass is 32.1. The van der Waals surface area contributed by atoms with Crippen molar-refractivity contribution < 1.29 is 9.47 Å². The Balaban J connectivity index is 1.56. The zero-order chi connectivity index (χ0) is 17.9. The van der Waals surface area contributed by atoms with E-state index in [4.69, 9.17) is 15.2 Å². The van der Waals surface area contributed by atoms with Gasteiger partial charge < -0.3 is 15.2 Å². The van der Waals surface area contributed by atoms with E-state index < -0.39 is 8.07 Å². The maximum absolute atomic E-state index is 5.86. The lowest BCUT2D eigenvalue weighted by Crippen LogP contribution is -2.22. The predicted octanol–water partition coefficient (Wildman–Crippen LogP) is 3.13. The highest BCUT2D eigenvalue weighted by Crippen LogP contribution is 2.32. The molecule has 7 nitrogen and oxygen atoms in total. The summed E-state index contributed by atoms with van der Waals surface area (Å²) in [5, 5.41) is 13.2. The molecule has 0 bridgehead atoms. The Morgan fingerprint density at radius 2 is 2.20 bits per heavy atom. The van der Waals surface area contributed by atoms with E-state index in [0.717, 1.165) is 25.9 Å². The van der Waals surface area contributed by atoms with Gasteiger partial charge in [-0.1, -0.05) is 24.7 Å². The number of aromatic nitrogens is 4. The smallest absolute Gasteiger partial charge is 0.295 e. The molecule has 0 saturated carbocycles. The van der Waals surface area contributed by atoms with Crippen LogP contribution in [0.15, 0.2) is 6.20 Å². The van der Waals surface area contributed by atoms with Gasteiger partial charge in [0.1, 0.15) is 6.73 Å². The first-order valence-electron chi connectivity index (χ1n) is 8.76. The first-order chi connectivity index (χ1) is 11.9. The zero-order valence-electron chi connectivity index (χ0n) is 15.2. The molecule has 1 aliphatic carbocycles. The second kappa shape index (κ2) is 7.84. The molecular weight excluding hydrogens is 354 g/mol. The zero-order valence-corrected chi connectivity index (χ0v) is 17.0. The Morgan fingerprint density at radius 1 is 1.36 bits per heavy atom. The third kappa shape index (κ3) is 5.02. The van der Waals surface area contributed by atoms with Crippen LogP contribution in [0.25, 0.3) is 0 Å². The van der Waals surface area contributed by atoms with E-state index in [1.165, 1.54) is 28.6 Å². The summed E-state index contributed by atoms with van der Waals surface area (Å²) in [6, 6.07) is 1.18. The van der Waals surface area contributed by atoms with E-state index in [-0.39, 0.29) is 0 Å². The fraction of sp³-hybridized carbons (Fsp3) is 0.688. The number of ether oxygens (including phenoxy) is 2. The number of anilines is 1. The van der Waals surface area contributed by atoms with Crippen LogP contribution in [-0.4, -0.2) is 41.3 Å². The van der Waals surface area contributed by atoms with Gasteiger partial charge in [-0.3, -0.25) is 0 Å². The third-order valence-corrected chi connectivity index (χ3v) is 6.80. The first kappa shape index (κ1) is 18.3. The van der Waals surface area contributed by atoms with Crippen LogP contribution in [0, 0.1) is 0 Å². The van der Waals surface area contributed by atoms with Gasteiger partial charge in [-0.2, -0.15) is 5.10 Å². The van der Waals surface area contributed by atoms with Gasteiger partial charge in [-0.15, -0.1) is 5.10 Å². The van der Waals surface area contributed by atoms with Gasteiger partial charge in [-0.25, -0.2) is 4.68 Å². The molecule has 0 amide bonds. The summed E-state index contributed by atoms with van der Waals surface area (Å²) in [4.78, 5) is 0. The minimum absolute atomic E-state index is 0.338. The largest absolute Gasteiger partial charge is 0.468 e. The summed E-state index contributed by atoms with van der Waals surface area (Å²) in [7, 11) is -1.05. The molecule has 0 aromatic carbocycles. The van der Waals surface area contributed by atoms with Crippen LogP contribution in [0.2, 0.25) is 25.7 Å². The number of nitrogens with zero attached hydrogens (tertiary/aromatic N) is 4. The van der Waals surface area contributed by atoms with Gasteiger partial charge in [0, 0.05) is 26.3 Å². The summed E-state index contributed by atoms with van der Waals surface area (Å²) in [5.74, 6) is 0.338. The number of rotatable bonds is 8. The van der Waals surface area contributed by atoms with Crippen molar-refractivity contribution in [2.24, 2.45) is 0 Å². The second-order valence-corrected chi connectivity index (χ2v) is 14.3. The van der Waals surface area contributed by atoms with Gasteiger partial charge >= 0.3 is 0 Å². The van der Waals surface area contributed by atoms with Crippen molar-refractivity contribution in [2.45, 2.75) is 57.6 Å². The molecule has 25 heavy (non-hydrogen) atoms. The molecule has 1 atom stereocenters. The summed E-state index contributed by atoms with van der Waals surface area (Å²) in [5.41, 5.74) is 8.15. The molecule has 2 N–H and O–H groups in total. The quantitative estimate of drug-likeness (QED) is 0.558. The van der Waals surface area contributed by atoms with E-state index >= 15 is 0 Å². The van der Waals surface area contributed by atoms with Crippen LogP contribution in [-0.2, 0) is 17.9 Å². The van der Waals surface area contributed by atoms with E-state index in [2.05, 4.69) is 34.9 Å². The molecule has 0 aliphatic heterocycles. The molecule has 3 rings (SSSR count). The molecule has 9 heteroatoms. The van der Waals surface area contributed by atoms with E-state index in [9.17, 15) is 0 Å². The normalized spacial score (nSPS) is 17.5. The topological polar surface area (TPSA) is 88.1 Å². The lowest BCUT2D eigenvalue weighted by Gasteiger charge is -2.23. The first-order valence-corrected chi connectivity index (χ1v) is 13.3. The maximum atomic E-state index is 5.86. The average molecular weight is 382 g/mol. The minimum Gasteiger partial charge on any atom is -0.468 e. The Kier molecular flexibility index (Phi) is 5.75. The third-order valence-electron chi connectivity index (χ3n) is 4.43. The van der Waals surface area contributed by atoms with E-state index in [1.54, 1.807) is 0 Å². The van der Waals surface area contributed by atoms with Crippen molar-refractivity contribution in [2.75, 3.05) is 18.9 Å². The number of nitrogens with two attached hydrogens (primary N) is 1. The lowest BCUT2D eigenvalue weighted by molar-refractivity contribution is 0.0760. The lowest BCUT2D eigenvalue weighted by atomic mass is 9.88. The van der Waals surface area contributed by atoms with Crippen LogP contribution in [0.4, 0.5) is 5.13 Å². The van der Waals surface area contributed by atoms with Gasteiger partial charge in [0.2, 0.25) is 5.13 Å². The van der Waals surface area contributed by atoms with Crippen molar-refractivity contribution in [3.63, 3.8) is 0 Å². The predicted molar refractivity (Wildman–Crippen MR) is 102 cm³/mol. The van der Waals surface area contributed by atoms with E-state index in [1.807, 2.05) is 10.9 Å². The van der Waals surface area contributed by atoms with E-state index in [0.29, 0.717) is 29.6 Å². The molecule has 138 valence electrons. The summed E-state index contributed by atoms with van der Waals surface area (Å²) < 4.78 is 13.6. The highest BCUT2D eigenvalue weighted by molar-refractivity contribution is 7.16. The SMILES string of the molecule is C[Si](C)(C)CCOCn1ncc2c1CCCC2COc1nnc(N)s1. The molecular formula is C16H27N5O2SSi. The molecule has 0 radical (unpaired) electrons. The minimum atomic E-state index is -1.05. The number of fused-ring (bicyclic) bond motifs is 1. The van der Waals surface area contributed by atoms with Crippen LogP contribution in [0.1, 0.15) is 30.0 Å². The van der Waals surface area contributed by atoms with Crippen LogP contribution in [0.5, 0.6) is 5.19 Å². The van der Waals surface area contributed by atoms with Crippen molar-refractivity contribution in [1.82, 2.24) is 20.0 Å². The summed E-state index contributed by atoms with van der Waals surface area (Å²) in [6.07, 6.45) is 5.26. The van der Waals surface area contributed by atoms with Crippen molar-refractivity contribution >= 4 is 24.5 Å². The van der Waals surface area contributed by atoms with Crippen LogP contribution in [0.3, 0.4) is 0 Å². The van der Waals surface area contributed by atoms with Crippen LogP contribution < -0.4 is 10.5 Å².